The standard InChI is InChI=1S/C13H20N4O2S/c1-8-2-5-10(19-8)12(18)14-7-6-11-15-16-13(20)17(11)9-3-4-9/h8-10H,2-7H2,1H3,(H,14,18)(H,16,20). The van der Waals surface area contributed by atoms with Crippen LogP contribution in [0.3, 0.4) is 0 Å². The normalized spacial score (nSPS) is 25.9. The fraction of sp³-hybridized carbons (Fsp3) is 0.769. The third-order valence-electron chi connectivity index (χ3n) is 3.86. The van der Waals surface area contributed by atoms with E-state index >= 15 is 0 Å². The zero-order chi connectivity index (χ0) is 14.1. The van der Waals surface area contributed by atoms with Gasteiger partial charge in [0, 0.05) is 19.0 Å². The number of carbonyl (C=O) groups is 1. The van der Waals surface area contributed by atoms with Gasteiger partial charge in [-0.05, 0) is 44.8 Å². The Morgan fingerprint density at radius 2 is 2.30 bits per heavy atom. The number of H-pyrrole nitrogens is 1. The molecule has 1 aliphatic carbocycles. The van der Waals surface area contributed by atoms with Gasteiger partial charge in [0.15, 0.2) is 4.77 Å². The molecule has 110 valence electrons. The smallest absolute Gasteiger partial charge is 0.249 e. The van der Waals surface area contributed by atoms with Crippen LogP contribution in [0.5, 0.6) is 0 Å². The van der Waals surface area contributed by atoms with Crippen molar-refractivity contribution in [3.8, 4) is 0 Å². The number of amides is 1. The maximum atomic E-state index is 11.9. The van der Waals surface area contributed by atoms with Crippen LogP contribution in [0.4, 0.5) is 0 Å². The molecule has 6 nitrogen and oxygen atoms in total. The van der Waals surface area contributed by atoms with Gasteiger partial charge in [0.2, 0.25) is 5.91 Å². The Balaban J connectivity index is 1.50. The van der Waals surface area contributed by atoms with E-state index < -0.39 is 0 Å². The summed E-state index contributed by atoms with van der Waals surface area (Å²) in [7, 11) is 0. The first-order valence-electron chi connectivity index (χ1n) is 7.24. The van der Waals surface area contributed by atoms with Crippen molar-refractivity contribution < 1.29 is 9.53 Å². The van der Waals surface area contributed by atoms with Crippen LogP contribution < -0.4 is 5.32 Å². The van der Waals surface area contributed by atoms with Crippen molar-refractivity contribution in [3.63, 3.8) is 0 Å². The van der Waals surface area contributed by atoms with Crippen LogP contribution in [-0.4, -0.2) is 39.4 Å². The molecule has 2 heterocycles. The summed E-state index contributed by atoms with van der Waals surface area (Å²) in [4.78, 5) is 11.9. The maximum Gasteiger partial charge on any atom is 0.249 e. The van der Waals surface area contributed by atoms with E-state index in [9.17, 15) is 4.79 Å². The van der Waals surface area contributed by atoms with E-state index in [4.69, 9.17) is 17.0 Å². The molecule has 0 bridgehead atoms. The zero-order valence-electron chi connectivity index (χ0n) is 11.6. The highest BCUT2D eigenvalue weighted by Gasteiger charge is 2.29. The van der Waals surface area contributed by atoms with Crippen molar-refractivity contribution in [2.24, 2.45) is 0 Å². The minimum Gasteiger partial charge on any atom is -0.365 e. The van der Waals surface area contributed by atoms with Gasteiger partial charge in [0.25, 0.3) is 0 Å². The molecular weight excluding hydrogens is 276 g/mol. The molecule has 2 aliphatic rings. The monoisotopic (exact) mass is 296 g/mol. The molecule has 1 aromatic rings. The van der Waals surface area contributed by atoms with Crippen molar-refractivity contribution in [2.75, 3.05) is 6.54 Å². The van der Waals surface area contributed by atoms with Crippen LogP contribution in [0.25, 0.3) is 0 Å². The van der Waals surface area contributed by atoms with E-state index in [0.717, 1.165) is 18.7 Å². The number of hydrogen-bond acceptors (Lipinski definition) is 4. The number of aromatic amines is 1. The number of carbonyl (C=O) groups excluding carboxylic acids is 1. The lowest BCUT2D eigenvalue weighted by molar-refractivity contribution is -0.131. The minimum atomic E-state index is -0.283. The van der Waals surface area contributed by atoms with Crippen LogP contribution in [0.2, 0.25) is 0 Å². The fourth-order valence-corrected chi connectivity index (χ4v) is 2.93. The lowest BCUT2D eigenvalue weighted by Gasteiger charge is -2.11. The molecule has 7 heteroatoms. The molecule has 2 unspecified atom stereocenters. The van der Waals surface area contributed by atoms with Crippen molar-refractivity contribution in [2.45, 2.75) is 57.3 Å². The van der Waals surface area contributed by atoms with Gasteiger partial charge in [-0.2, -0.15) is 5.10 Å². The number of nitrogens with zero attached hydrogens (tertiary/aromatic N) is 2. The summed E-state index contributed by atoms with van der Waals surface area (Å²) in [6.07, 6.45) is 4.71. The van der Waals surface area contributed by atoms with Crippen LogP contribution >= 0.6 is 12.2 Å². The molecule has 1 saturated heterocycles. The van der Waals surface area contributed by atoms with Gasteiger partial charge in [-0.15, -0.1) is 0 Å². The summed E-state index contributed by atoms with van der Waals surface area (Å²) in [6, 6.07) is 0.506. The SMILES string of the molecule is CC1CCC(C(=O)NCCc2n[nH]c(=S)n2C2CC2)O1. The molecule has 2 atom stereocenters. The molecule has 1 saturated carbocycles. The predicted octanol–water partition coefficient (Wildman–Crippen LogP) is 1.50. The Morgan fingerprint density at radius 1 is 1.50 bits per heavy atom. The molecule has 3 rings (SSSR count). The predicted molar refractivity (Wildman–Crippen MR) is 76.0 cm³/mol. The van der Waals surface area contributed by atoms with E-state index in [1.165, 1.54) is 12.8 Å². The van der Waals surface area contributed by atoms with Gasteiger partial charge < -0.3 is 14.6 Å². The average Bonchev–Trinajstić information content (AvgIpc) is 3.05. The van der Waals surface area contributed by atoms with Crippen molar-refractivity contribution in [1.82, 2.24) is 20.1 Å². The molecule has 1 aromatic heterocycles. The molecule has 1 aliphatic heterocycles. The Kier molecular flexibility index (Phi) is 3.89. The van der Waals surface area contributed by atoms with E-state index in [-0.39, 0.29) is 18.1 Å². The quantitative estimate of drug-likeness (QED) is 0.808. The Hall–Kier alpha value is -1.21. The van der Waals surface area contributed by atoms with Gasteiger partial charge >= 0.3 is 0 Å². The number of nitrogens with one attached hydrogen (secondary N) is 2. The lowest BCUT2D eigenvalue weighted by Crippen LogP contribution is -2.36. The van der Waals surface area contributed by atoms with Crippen molar-refractivity contribution in [1.29, 1.82) is 0 Å². The molecule has 2 N–H and O–H groups in total. The summed E-state index contributed by atoms with van der Waals surface area (Å²) < 4.78 is 8.31. The Bertz CT molecular complexity index is 549. The fourth-order valence-electron chi connectivity index (χ4n) is 2.63. The number of aromatic nitrogens is 3. The molecule has 0 spiro atoms. The molecule has 2 fully saturated rings. The minimum absolute atomic E-state index is 0.0125. The van der Waals surface area contributed by atoms with Gasteiger partial charge in [0.1, 0.15) is 11.9 Å². The first kappa shape index (κ1) is 13.8. The van der Waals surface area contributed by atoms with Crippen LogP contribution in [-0.2, 0) is 16.0 Å². The summed E-state index contributed by atoms with van der Waals surface area (Å²) in [5.74, 6) is 0.917. The number of hydrogen-bond donors (Lipinski definition) is 2. The highest BCUT2D eigenvalue weighted by atomic mass is 32.1. The van der Waals surface area contributed by atoms with Crippen LogP contribution in [0.15, 0.2) is 0 Å². The topological polar surface area (TPSA) is 71.9 Å². The zero-order valence-corrected chi connectivity index (χ0v) is 12.4. The molecule has 0 radical (unpaired) electrons. The second-order valence-electron chi connectivity index (χ2n) is 5.60. The number of ether oxygens (including phenoxy) is 1. The van der Waals surface area contributed by atoms with Crippen molar-refractivity contribution >= 4 is 18.1 Å². The van der Waals surface area contributed by atoms with Gasteiger partial charge in [-0.3, -0.25) is 9.89 Å². The third kappa shape index (κ3) is 2.93. The third-order valence-corrected chi connectivity index (χ3v) is 4.15. The molecular formula is C13H20N4O2S. The maximum absolute atomic E-state index is 11.9. The summed E-state index contributed by atoms with van der Waals surface area (Å²) in [5.41, 5.74) is 0. The van der Waals surface area contributed by atoms with Crippen molar-refractivity contribution in [3.05, 3.63) is 10.6 Å². The molecule has 1 amide bonds. The van der Waals surface area contributed by atoms with Gasteiger partial charge in [-0.25, -0.2) is 0 Å². The highest BCUT2D eigenvalue weighted by molar-refractivity contribution is 7.71. The first-order valence-corrected chi connectivity index (χ1v) is 7.65. The van der Waals surface area contributed by atoms with Crippen LogP contribution in [0, 0.1) is 4.77 Å². The summed E-state index contributed by atoms with van der Waals surface area (Å²) in [6.45, 7) is 2.57. The van der Waals surface area contributed by atoms with Crippen LogP contribution in [0.1, 0.15) is 44.5 Å². The van der Waals surface area contributed by atoms with E-state index in [2.05, 4.69) is 20.1 Å². The first-order chi connectivity index (χ1) is 9.65. The Morgan fingerprint density at radius 3 is 2.95 bits per heavy atom. The second kappa shape index (κ2) is 5.65. The molecule has 0 aromatic carbocycles. The van der Waals surface area contributed by atoms with Gasteiger partial charge in [0.05, 0.1) is 6.10 Å². The summed E-state index contributed by atoms with van der Waals surface area (Å²) in [5, 5.41) is 10.0. The highest BCUT2D eigenvalue weighted by Crippen LogP contribution is 2.35. The lowest BCUT2D eigenvalue weighted by atomic mass is 10.2. The largest absolute Gasteiger partial charge is 0.365 e. The Labute approximate surface area is 122 Å². The van der Waals surface area contributed by atoms with E-state index in [1.807, 2.05) is 6.92 Å². The number of rotatable bonds is 5. The van der Waals surface area contributed by atoms with E-state index in [1.54, 1.807) is 0 Å². The summed E-state index contributed by atoms with van der Waals surface area (Å²) >= 11 is 5.23. The average molecular weight is 296 g/mol. The molecule has 20 heavy (non-hydrogen) atoms. The second-order valence-corrected chi connectivity index (χ2v) is 5.99. The van der Waals surface area contributed by atoms with E-state index in [0.29, 0.717) is 23.8 Å². The van der Waals surface area contributed by atoms with Gasteiger partial charge in [-0.1, -0.05) is 0 Å².